The van der Waals surface area contributed by atoms with Crippen molar-refractivity contribution >= 4 is 56.3 Å². The molecule has 0 aliphatic rings. The number of halogens is 3. The molecule has 0 atom stereocenters. The minimum absolute atomic E-state index is 0.0298. The third-order valence-corrected chi connectivity index (χ3v) is 6.03. The molecule has 146 valence electrons. The summed E-state index contributed by atoms with van der Waals surface area (Å²) in [5.41, 5.74) is 0.211. The van der Waals surface area contributed by atoms with Gasteiger partial charge in [-0.2, -0.15) is 5.10 Å². The molecule has 0 fully saturated rings. The average Bonchev–Trinajstić information content (AvgIpc) is 2.96. The van der Waals surface area contributed by atoms with E-state index in [1.54, 1.807) is 18.2 Å². The van der Waals surface area contributed by atoms with Gasteiger partial charge in [0.15, 0.2) is 10.7 Å². The molecule has 0 bridgehead atoms. The second-order valence-corrected chi connectivity index (χ2v) is 8.47. The van der Waals surface area contributed by atoms with Crippen LogP contribution in [0.5, 0.6) is 0 Å². The summed E-state index contributed by atoms with van der Waals surface area (Å²) in [7, 11) is -4.27. The van der Waals surface area contributed by atoms with Gasteiger partial charge in [0, 0.05) is 12.3 Å². The van der Waals surface area contributed by atoms with Crippen LogP contribution in [0.4, 0.5) is 11.5 Å². The second-order valence-electron chi connectivity index (χ2n) is 5.60. The third-order valence-electron chi connectivity index (χ3n) is 3.63. The number of para-hydroxylation sites is 1. The number of nitro benzene ring substituents is 1. The van der Waals surface area contributed by atoms with Gasteiger partial charge in [0.1, 0.15) is 5.02 Å². The lowest BCUT2D eigenvalue weighted by molar-refractivity contribution is -0.387. The van der Waals surface area contributed by atoms with Crippen molar-refractivity contribution in [2.24, 2.45) is 0 Å². The van der Waals surface area contributed by atoms with Gasteiger partial charge in [0.2, 0.25) is 0 Å². The van der Waals surface area contributed by atoms with E-state index in [4.69, 9.17) is 34.8 Å². The Kier molecular flexibility index (Phi) is 5.80. The summed E-state index contributed by atoms with van der Waals surface area (Å²) >= 11 is 17.9. The van der Waals surface area contributed by atoms with Crippen LogP contribution in [-0.4, -0.2) is 23.1 Å². The number of sulfonamides is 1. The quantitative estimate of drug-likeness (QED) is 0.426. The number of nitro groups is 1. The molecule has 1 aromatic heterocycles. The van der Waals surface area contributed by atoms with Gasteiger partial charge in [-0.25, -0.2) is 8.42 Å². The zero-order valence-electron chi connectivity index (χ0n) is 13.8. The zero-order chi connectivity index (χ0) is 20.5. The third kappa shape index (κ3) is 4.39. The van der Waals surface area contributed by atoms with E-state index in [1.165, 1.54) is 23.0 Å². The molecule has 1 heterocycles. The van der Waals surface area contributed by atoms with Gasteiger partial charge >= 0.3 is 0 Å². The maximum atomic E-state index is 12.6. The Hall–Kier alpha value is -2.33. The molecule has 2 aromatic carbocycles. The first-order valence-corrected chi connectivity index (χ1v) is 10.2. The molecule has 3 aromatic rings. The van der Waals surface area contributed by atoms with Crippen molar-refractivity contribution in [2.75, 3.05) is 4.72 Å². The van der Waals surface area contributed by atoms with E-state index in [2.05, 4.69) is 9.82 Å². The molecule has 0 aliphatic heterocycles. The normalized spacial score (nSPS) is 11.4. The van der Waals surface area contributed by atoms with Gasteiger partial charge < -0.3 is 0 Å². The molecule has 0 aliphatic carbocycles. The van der Waals surface area contributed by atoms with Crippen molar-refractivity contribution in [3.05, 3.63) is 79.4 Å². The molecule has 8 nitrogen and oxygen atoms in total. The number of benzene rings is 2. The molecule has 1 N–H and O–H groups in total. The van der Waals surface area contributed by atoms with Crippen molar-refractivity contribution < 1.29 is 13.3 Å². The molecule has 0 saturated heterocycles. The minimum atomic E-state index is -4.27. The fraction of sp³-hybridized carbons (Fsp3) is 0.0625. The summed E-state index contributed by atoms with van der Waals surface area (Å²) < 4.78 is 28.7. The summed E-state index contributed by atoms with van der Waals surface area (Å²) in [6.45, 7) is 0.254. The molecule has 0 saturated carbocycles. The standard InChI is InChI=1S/C16H11Cl3N4O4S/c17-11-6-5-10(7-12(11)18)8-22-9-13(19)16(20-22)21-28(26,27)15-4-2-1-3-14(15)23(24)25/h1-7,9H,8H2,(H,20,21). The topological polar surface area (TPSA) is 107 Å². The highest BCUT2D eigenvalue weighted by molar-refractivity contribution is 7.92. The van der Waals surface area contributed by atoms with Crippen LogP contribution in [0.3, 0.4) is 0 Å². The van der Waals surface area contributed by atoms with Crippen LogP contribution < -0.4 is 4.72 Å². The van der Waals surface area contributed by atoms with Gasteiger partial charge in [-0.3, -0.25) is 19.5 Å². The van der Waals surface area contributed by atoms with Crippen LogP contribution in [0.15, 0.2) is 53.6 Å². The predicted molar refractivity (Wildman–Crippen MR) is 107 cm³/mol. The molecular formula is C16H11Cl3N4O4S. The van der Waals surface area contributed by atoms with E-state index in [1.807, 2.05) is 0 Å². The van der Waals surface area contributed by atoms with Crippen molar-refractivity contribution in [3.63, 3.8) is 0 Å². The fourth-order valence-corrected chi connectivity index (χ4v) is 4.16. The number of nitrogens with zero attached hydrogens (tertiary/aromatic N) is 3. The Balaban J connectivity index is 1.87. The van der Waals surface area contributed by atoms with E-state index in [9.17, 15) is 18.5 Å². The largest absolute Gasteiger partial charge is 0.289 e. The van der Waals surface area contributed by atoms with Crippen molar-refractivity contribution in [2.45, 2.75) is 11.4 Å². The van der Waals surface area contributed by atoms with Crippen LogP contribution in [-0.2, 0) is 16.6 Å². The van der Waals surface area contributed by atoms with Crippen molar-refractivity contribution in [3.8, 4) is 0 Å². The second kappa shape index (κ2) is 7.96. The van der Waals surface area contributed by atoms with Gasteiger partial charge in [-0.05, 0) is 23.8 Å². The van der Waals surface area contributed by atoms with Gasteiger partial charge in [-0.1, -0.05) is 53.0 Å². The number of anilines is 1. The Labute approximate surface area is 174 Å². The lowest BCUT2D eigenvalue weighted by Gasteiger charge is -2.07. The number of aromatic nitrogens is 2. The van der Waals surface area contributed by atoms with Crippen molar-refractivity contribution in [1.82, 2.24) is 9.78 Å². The summed E-state index contributed by atoms with van der Waals surface area (Å²) in [5.74, 6) is -0.153. The Bertz CT molecular complexity index is 1160. The summed E-state index contributed by atoms with van der Waals surface area (Å²) in [4.78, 5) is 9.82. The lowest BCUT2D eigenvalue weighted by Crippen LogP contribution is -2.15. The molecule has 0 radical (unpaired) electrons. The average molecular weight is 462 g/mol. The monoisotopic (exact) mass is 460 g/mol. The Morgan fingerprint density at radius 3 is 2.46 bits per heavy atom. The summed E-state index contributed by atoms with van der Waals surface area (Å²) in [6, 6.07) is 9.99. The highest BCUT2D eigenvalue weighted by Gasteiger charge is 2.26. The molecule has 0 amide bonds. The molecule has 12 heteroatoms. The highest BCUT2D eigenvalue weighted by Crippen LogP contribution is 2.28. The van der Waals surface area contributed by atoms with E-state index >= 15 is 0 Å². The van der Waals surface area contributed by atoms with Crippen LogP contribution in [0.25, 0.3) is 0 Å². The Morgan fingerprint density at radius 1 is 1.07 bits per heavy atom. The Morgan fingerprint density at radius 2 is 1.79 bits per heavy atom. The maximum Gasteiger partial charge on any atom is 0.289 e. The first-order valence-electron chi connectivity index (χ1n) is 7.60. The van der Waals surface area contributed by atoms with Gasteiger partial charge in [-0.15, -0.1) is 0 Å². The van der Waals surface area contributed by atoms with E-state index < -0.39 is 25.5 Å². The number of rotatable bonds is 6. The number of hydrogen-bond donors (Lipinski definition) is 1. The molecule has 0 unspecified atom stereocenters. The van der Waals surface area contributed by atoms with Crippen LogP contribution in [0.2, 0.25) is 15.1 Å². The minimum Gasteiger partial charge on any atom is -0.265 e. The maximum absolute atomic E-state index is 12.6. The van der Waals surface area contributed by atoms with E-state index in [0.29, 0.717) is 10.0 Å². The van der Waals surface area contributed by atoms with Crippen molar-refractivity contribution in [1.29, 1.82) is 0 Å². The first-order chi connectivity index (χ1) is 13.2. The molecule has 3 rings (SSSR count). The summed E-state index contributed by atoms with van der Waals surface area (Å²) in [5, 5.41) is 16.0. The van der Waals surface area contributed by atoms with E-state index in [-0.39, 0.29) is 17.4 Å². The molecule has 28 heavy (non-hydrogen) atoms. The van der Waals surface area contributed by atoms with Crippen LogP contribution in [0.1, 0.15) is 5.56 Å². The number of hydrogen-bond acceptors (Lipinski definition) is 5. The van der Waals surface area contributed by atoms with Crippen LogP contribution >= 0.6 is 34.8 Å². The predicted octanol–water partition coefficient (Wildman–Crippen LogP) is 4.60. The smallest absolute Gasteiger partial charge is 0.265 e. The fourth-order valence-electron chi connectivity index (χ4n) is 2.39. The van der Waals surface area contributed by atoms with Gasteiger partial charge in [0.05, 0.1) is 21.5 Å². The lowest BCUT2D eigenvalue weighted by atomic mass is 10.2. The highest BCUT2D eigenvalue weighted by atomic mass is 35.5. The summed E-state index contributed by atoms with van der Waals surface area (Å²) in [6.07, 6.45) is 1.42. The van der Waals surface area contributed by atoms with Gasteiger partial charge in [0.25, 0.3) is 15.7 Å². The first kappa shape index (κ1) is 20.4. The zero-order valence-corrected chi connectivity index (χ0v) is 16.9. The molecular weight excluding hydrogens is 451 g/mol. The number of nitrogens with one attached hydrogen (secondary N) is 1. The van der Waals surface area contributed by atoms with E-state index in [0.717, 1.165) is 17.7 Å². The SMILES string of the molecule is O=[N+]([O-])c1ccccc1S(=O)(=O)Nc1nn(Cc2ccc(Cl)c(Cl)c2)cc1Cl. The van der Waals surface area contributed by atoms with Crippen LogP contribution in [0, 0.1) is 10.1 Å². The molecule has 0 spiro atoms.